The zero-order valence-electron chi connectivity index (χ0n) is 5.92. The Labute approximate surface area is 68.7 Å². The van der Waals surface area contributed by atoms with Crippen molar-refractivity contribution in [1.82, 2.24) is 4.98 Å². The number of aromatic nitrogens is 1. The number of aromatic carboxylic acids is 1. The molecule has 0 unspecified atom stereocenters. The van der Waals surface area contributed by atoms with E-state index < -0.39 is 5.97 Å². The van der Waals surface area contributed by atoms with Crippen molar-refractivity contribution in [3.63, 3.8) is 0 Å². The van der Waals surface area contributed by atoms with E-state index in [1.807, 2.05) is 0 Å². The second kappa shape index (κ2) is 2.84. The number of rotatable bonds is 1. The quantitative estimate of drug-likeness (QED) is 0.630. The molecule has 2 N–H and O–H groups in total. The number of aromatic amines is 1. The molecule has 0 amide bonds. The van der Waals surface area contributed by atoms with Crippen LogP contribution >= 0.6 is 12.2 Å². The molecule has 0 aliphatic carbocycles. The van der Waals surface area contributed by atoms with Crippen molar-refractivity contribution in [2.75, 3.05) is 0 Å². The second-order valence-electron chi connectivity index (χ2n) is 2.22. The van der Waals surface area contributed by atoms with Crippen molar-refractivity contribution >= 4 is 18.2 Å². The molecule has 1 rings (SSSR count). The van der Waals surface area contributed by atoms with E-state index in [2.05, 4.69) is 4.98 Å². The molecule has 0 aliphatic heterocycles. The van der Waals surface area contributed by atoms with E-state index in [1.165, 1.54) is 12.1 Å². The van der Waals surface area contributed by atoms with E-state index in [9.17, 15) is 4.79 Å². The molecule has 0 aromatic carbocycles. The normalized spacial score (nSPS) is 9.55. The SMILES string of the molecule is Cc1cc(C(=O)O)cc(=S)[nH]1. The standard InChI is InChI=1S/C7H7NO2S/c1-4-2-5(7(9)10)3-6(11)8-4/h2-3H,1H3,(H,8,11)(H,9,10). The molecule has 11 heavy (non-hydrogen) atoms. The average Bonchev–Trinajstić information content (AvgIpc) is 1.85. The van der Waals surface area contributed by atoms with Gasteiger partial charge in [0, 0.05) is 5.69 Å². The first-order valence-corrected chi connectivity index (χ1v) is 3.44. The molecule has 0 fully saturated rings. The zero-order chi connectivity index (χ0) is 8.43. The first-order valence-electron chi connectivity index (χ1n) is 3.04. The van der Waals surface area contributed by atoms with Crippen molar-refractivity contribution < 1.29 is 9.90 Å². The summed E-state index contributed by atoms with van der Waals surface area (Å²) in [5, 5.41) is 8.57. The summed E-state index contributed by atoms with van der Waals surface area (Å²) >= 11 is 4.79. The van der Waals surface area contributed by atoms with Crippen LogP contribution in [0.25, 0.3) is 0 Å². The summed E-state index contributed by atoms with van der Waals surface area (Å²) < 4.78 is 0.447. The van der Waals surface area contributed by atoms with Gasteiger partial charge in [-0.15, -0.1) is 0 Å². The number of carboxylic acids is 1. The first kappa shape index (κ1) is 7.94. The Hall–Kier alpha value is -1.16. The van der Waals surface area contributed by atoms with E-state index in [0.29, 0.717) is 4.64 Å². The van der Waals surface area contributed by atoms with Crippen LogP contribution in [0, 0.1) is 11.6 Å². The molecule has 0 radical (unpaired) electrons. The summed E-state index contributed by atoms with van der Waals surface area (Å²) in [7, 11) is 0. The van der Waals surface area contributed by atoms with Crippen LogP contribution in [0.2, 0.25) is 0 Å². The van der Waals surface area contributed by atoms with Gasteiger partial charge < -0.3 is 10.1 Å². The average molecular weight is 169 g/mol. The highest BCUT2D eigenvalue weighted by atomic mass is 32.1. The van der Waals surface area contributed by atoms with E-state index in [4.69, 9.17) is 17.3 Å². The minimum absolute atomic E-state index is 0.228. The van der Waals surface area contributed by atoms with E-state index in [0.717, 1.165) is 5.69 Å². The largest absolute Gasteiger partial charge is 0.478 e. The van der Waals surface area contributed by atoms with Crippen molar-refractivity contribution in [3.8, 4) is 0 Å². The predicted molar refractivity (Wildman–Crippen MR) is 43.3 cm³/mol. The van der Waals surface area contributed by atoms with Gasteiger partial charge in [-0.1, -0.05) is 12.2 Å². The molecule has 0 aliphatic rings. The Kier molecular flexibility index (Phi) is 2.05. The van der Waals surface area contributed by atoms with Gasteiger partial charge in [0.25, 0.3) is 0 Å². The van der Waals surface area contributed by atoms with Gasteiger partial charge in [-0.3, -0.25) is 0 Å². The van der Waals surface area contributed by atoms with Crippen molar-refractivity contribution in [1.29, 1.82) is 0 Å². The third-order valence-corrected chi connectivity index (χ3v) is 1.45. The van der Waals surface area contributed by atoms with Gasteiger partial charge in [0.05, 0.1) is 5.56 Å². The van der Waals surface area contributed by atoms with Crippen LogP contribution in [0.1, 0.15) is 16.1 Å². The number of H-pyrrole nitrogens is 1. The maximum atomic E-state index is 10.4. The number of carboxylic acid groups (broad SMARTS) is 1. The molecule has 3 nitrogen and oxygen atoms in total. The van der Waals surface area contributed by atoms with Crippen molar-refractivity contribution in [2.24, 2.45) is 0 Å². The molecule has 1 heterocycles. The summed E-state index contributed by atoms with van der Waals surface area (Å²) in [6.07, 6.45) is 0. The topological polar surface area (TPSA) is 53.1 Å². The van der Waals surface area contributed by atoms with Crippen LogP contribution in [-0.4, -0.2) is 16.1 Å². The molecule has 1 aromatic rings. The Morgan fingerprint density at radius 1 is 1.64 bits per heavy atom. The number of hydrogen-bond donors (Lipinski definition) is 2. The molecule has 0 saturated heterocycles. The molecule has 58 valence electrons. The molecule has 0 atom stereocenters. The van der Waals surface area contributed by atoms with Gasteiger partial charge in [-0.2, -0.15) is 0 Å². The first-order chi connectivity index (χ1) is 5.09. The summed E-state index contributed by atoms with van der Waals surface area (Å²) in [6, 6.07) is 2.96. The highest BCUT2D eigenvalue weighted by Crippen LogP contribution is 2.01. The molecule has 0 spiro atoms. The number of carbonyl (C=O) groups is 1. The lowest BCUT2D eigenvalue weighted by atomic mass is 10.2. The highest BCUT2D eigenvalue weighted by Gasteiger charge is 2.01. The molecular weight excluding hydrogens is 162 g/mol. The molecule has 1 aromatic heterocycles. The van der Waals surface area contributed by atoms with E-state index in [1.54, 1.807) is 6.92 Å². The fourth-order valence-corrected chi connectivity index (χ4v) is 1.09. The molecule has 0 saturated carbocycles. The van der Waals surface area contributed by atoms with Crippen LogP contribution < -0.4 is 0 Å². The zero-order valence-corrected chi connectivity index (χ0v) is 6.73. The lowest BCUT2D eigenvalue weighted by molar-refractivity contribution is 0.0696. The Bertz CT molecular complexity index is 343. The van der Waals surface area contributed by atoms with Gasteiger partial charge in [0.15, 0.2) is 0 Å². The predicted octanol–water partition coefficient (Wildman–Crippen LogP) is 1.75. The molecule has 0 bridgehead atoms. The van der Waals surface area contributed by atoms with Crippen molar-refractivity contribution in [3.05, 3.63) is 28.0 Å². The number of hydrogen-bond acceptors (Lipinski definition) is 2. The van der Waals surface area contributed by atoms with Gasteiger partial charge in [-0.25, -0.2) is 4.79 Å². The summed E-state index contributed by atoms with van der Waals surface area (Å²) in [4.78, 5) is 13.3. The maximum absolute atomic E-state index is 10.4. The van der Waals surface area contributed by atoms with E-state index >= 15 is 0 Å². The maximum Gasteiger partial charge on any atom is 0.335 e. The van der Waals surface area contributed by atoms with Crippen LogP contribution in [0.5, 0.6) is 0 Å². The molecule has 4 heteroatoms. The lowest BCUT2D eigenvalue weighted by Crippen LogP contribution is -1.97. The number of pyridine rings is 1. The van der Waals surface area contributed by atoms with Crippen molar-refractivity contribution in [2.45, 2.75) is 6.92 Å². The second-order valence-corrected chi connectivity index (χ2v) is 2.66. The summed E-state index contributed by atoms with van der Waals surface area (Å²) in [5.74, 6) is -0.951. The number of aryl methyl sites for hydroxylation is 1. The van der Waals surface area contributed by atoms with Gasteiger partial charge in [-0.05, 0) is 19.1 Å². The third-order valence-electron chi connectivity index (χ3n) is 1.23. The number of nitrogens with one attached hydrogen (secondary N) is 1. The Balaban J connectivity index is 3.30. The summed E-state index contributed by atoms with van der Waals surface area (Å²) in [6.45, 7) is 1.77. The lowest BCUT2D eigenvalue weighted by Gasteiger charge is -1.95. The monoisotopic (exact) mass is 169 g/mol. The third kappa shape index (κ3) is 1.88. The van der Waals surface area contributed by atoms with Crippen LogP contribution in [0.3, 0.4) is 0 Å². The van der Waals surface area contributed by atoms with E-state index in [-0.39, 0.29) is 5.56 Å². The van der Waals surface area contributed by atoms with Gasteiger partial charge in [0.2, 0.25) is 0 Å². The highest BCUT2D eigenvalue weighted by molar-refractivity contribution is 7.71. The fourth-order valence-electron chi connectivity index (χ4n) is 0.806. The van der Waals surface area contributed by atoms with Gasteiger partial charge >= 0.3 is 5.97 Å². The molecular formula is C7H7NO2S. The van der Waals surface area contributed by atoms with Gasteiger partial charge in [0.1, 0.15) is 4.64 Å². The summed E-state index contributed by atoms with van der Waals surface area (Å²) in [5.41, 5.74) is 0.987. The van der Waals surface area contributed by atoms with Crippen LogP contribution in [0.15, 0.2) is 12.1 Å². The Morgan fingerprint density at radius 3 is 2.73 bits per heavy atom. The van der Waals surface area contributed by atoms with Crippen LogP contribution in [0.4, 0.5) is 0 Å². The Morgan fingerprint density at radius 2 is 2.27 bits per heavy atom. The van der Waals surface area contributed by atoms with Crippen LogP contribution in [-0.2, 0) is 0 Å². The minimum Gasteiger partial charge on any atom is -0.478 e. The fraction of sp³-hybridized carbons (Fsp3) is 0.143. The smallest absolute Gasteiger partial charge is 0.335 e. The minimum atomic E-state index is -0.951.